The molecule has 0 saturated heterocycles. The van der Waals surface area contributed by atoms with E-state index in [2.05, 4.69) is 10.3 Å². The first-order valence-corrected chi connectivity index (χ1v) is 11.1. The second kappa shape index (κ2) is 7.75. The Morgan fingerprint density at radius 3 is 2.23 bits per heavy atom. The highest BCUT2D eigenvalue weighted by molar-refractivity contribution is 7.91. The summed E-state index contributed by atoms with van der Waals surface area (Å²) < 4.78 is 28.4. The van der Waals surface area contributed by atoms with Crippen molar-refractivity contribution in [2.45, 2.75) is 16.8 Å². The number of sulfone groups is 1. The molecule has 0 fully saturated rings. The van der Waals surface area contributed by atoms with Gasteiger partial charge in [0.15, 0.2) is 0 Å². The number of benzene rings is 3. The molecular weight excluding hydrogens is 443 g/mol. The molecule has 0 aliphatic heterocycles. The lowest BCUT2D eigenvalue weighted by Gasteiger charge is -2.10. The monoisotopic (exact) mass is 458 g/mol. The summed E-state index contributed by atoms with van der Waals surface area (Å²) in [7, 11) is -4.08. The van der Waals surface area contributed by atoms with E-state index in [0.717, 1.165) is 5.56 Å². The molecule has 3 aromatic carbocycles. The number of nitrogen functional groups attached to an aromatic ring is 1. The molecule has 0 atom stereocenters. The molecule has 0 spiro atoms. The lowest BCUT2D eigenvalue weighted by atomic mass is 10.1. The van der Waals surface area contributed by atoms with Crippen LogP contribution < -0.4 is 5.73 Å². The van der Waals surface area contributed by atoms with E-state index in [4.69, 9.17) is 28.9 Å². The van der Waals surface area contributed by atoms with E-state index in [0.29, 0.717) is 27.7 Å². The second-order valence-electron chi connectivity index (χ2n) is 6.69. The smallest absolute Gasteiger partial charge is 0.229 e. The summed E-state index contributed by atoms with van der Waals surface area (Å²) in [5.74, 6) is 0. The maximum atomic E-state index is 13.5. The molecular formula is C21H16Cl2N4O2S. The first-order chi connectivity index (χ1) is 14.3. The molecule has 152 valence electrons. The molecule has 0 unspecified atom stereocenters. The Morgan fingerprint density at radius 1 is 0.933 bits per heavy atom. The molecule has 0 radical (unpaired) electrons. The van der Waals surface area contributed by atoms with E-state index in [9.17, 15) is 8.42 Å². The zero-order valence-electron chi connectivity index (χ0n) is 15.8. The van der Waals surface area contributed by atoms with Crippen molar-refractivity contribution >= 4 is 38.7 Å². The molecule has 4 rings (SSSR count). The van der Waals surface area contributed by atoms with Crippen molar-refractivity contribution in [2.75, 3.05) is 5.73 Å². The van der Waals surface area contributed by atoms with Gasteiger partial charge in [-0.2, -0.15) is 0 Å². The number of hydrogen-bond donors (Lipinski definition) is 1. The van der Waals surface area contributed by atoms with Gasteiger partial charge in [0.1, 0.15) is 5.69 Å². The van der Waals surface area contributed by atoms with Crippen molar-refractivity contribution in [3.05, 3.63) is 82.3 Å². The largest absolute Gasteiger partial charge is 0.399 e. The molecule has 0 aliphatic rings. The van der Waals surface area contributed by atoms with Crippen molar-refractivity contribution in [2.24, 2.45) is 0 Å². The second-order valence-corrected chi connectivity index (χ2v) is 9.37. The van der Waals surface area contributed by atoms with E-state index in [1.54, 1.807) is 24.3 Å². The number of aryl methyl sites for hydroxylation is 1. The van der Waals surface area contributed by atoms with Crippen LogP contribution in [-0.2, 0) is 9.84 Å². The number of hydrogen-bond acceptors (Lipinski definition) is 5. The van der Waals surface area contributed by atoms with Crippen molar-refractivity contribution in [1.82, 2.24) is 15.0 Å². The fourth-order valence-electron chi connectivity index (χ4n) is 3.00. The summed E-state index contributed by atoms with van der Waals surface area (Å²) in [6, 6.07) is 18.5. The van der Waals surface area contributed by atoms with Crippen molar-refractivity contribution in [3.63, 3.8) is 0 Å². The molecule has 0 bridgehead atoms. The molecule has 4 aromatic rings. The standard InChI is InChI=1S/C21H16Cl2N4O2S/c1-13-2-4-14(5-3-13)20-21(25-26-27(20)17-9-7-16(24)8-10-17)30(28,29)19-11-6-15(22)12-18(19)23/h2-12H,24H2,1H3. The molecule has 9 heteroatoms. The van der Waals surface area contributed by atoms with Crippen LogP contribution in [0.4, 0.5) is 5.69 Å². The minimum absolute atomic E-state index is 0.0133. The molecule has 0 saturated carbocycles. The van der Waals surface area contributed by atoms with Crippen LogP contribution in [0.3, 0.4) is 0 Å². The summed E-state index contributed by atoms with van der Waals surface area (Å²) in [6.45, 7) is 1.95. The first kappa shape index (κ1) is 20.4. The summed E-state index contributed by atoms with van der Waals surface area (Å²) in [5.41, 5.74) is 8.99. The Bertz CT molecular complexity index is 1330. The van der Waals surface area contributed by atoms with Gasteiger partial charge in [-0.05, 0) is 49.4 Å². The average Bonchev–Trinajstić information content (AvgIpc) is 3.15. The molecule has 0 amide bonds. The lowest BCUT2D eigenvalue weighted by molar-refractivity contribution is 0.592. The van der Waals surface area contributed by atoms with E-state index in [1.165, 1.54) is 22.9 Å². The van der Waals surface area contributed by atoms with Crippen molar-refractivity contribution in [3.8, 4) is 16.9 Å². The van der Waals surface area contributed by atoms with Crippen molar-refractivity contribution in [1.29, 1.82) is 0 Å². The SMILES string of the molecule is Cc1ccc(-c2c(S(=O)(=O)c3ccc(Cl)cc3Cl)nnn2-c2ccc(N)cc2)cc1. The molecule has 0 aliphatic carbocycles. The average molecular weight is 459 g/mol. The maximum absolute atomic E-state index is 13.5. The number of nitrogens with zero attached hydrogens (tertiary/aromatic N) is 3. The molecule has 2 N–H and O–H groups in total. The van der Waals surface area contributed by atoms with E-state index in [-0.39, 0.29) is 14.9 Å². The topological polar surface area (TPSA) is 90.9 Å². The Kier molecular flexibility index (Phi) is 5.27. The van der Waals surface area contributed by atoms with Crippen LogP contribution in [0.2, 0.25) is 10.0 Å². The highest BCUT2D eigenvalue weighted by atomic mass is 35.5. The minimum Gasteiger partial charge on any atom is -0.399 e. The predicted molar refractivity (Wildman–Crippen MR) is 118 cm³/mol. The Labute approximate surface area is 183 Å². The molecule has 1 aromatic heterocycles. The first-order valence-electron chi connectivity index (χ1n) is 8.86. The van der Waals surface area contributed by atoms with Crippen LogP contribution in [-0.4, -0.2) is 23.4 Å². The van der Waals surface area contributed by atoms with Gasteiger partial charge in [0.25, 0.3) is 0 Å². The molecule has 30 heavy (non-hydrogen) atoms. The van der Waals surface area contributed by atoms with Crippen LogP contribution in [0.25, 0.3) is 16.9 Å². The van der Waals surface area contributed by atoms with Gasteiger partial charge in [-0.25, -0.2) is 13.1 Å². The summed E-state index contributed by atoms with van der Waals surface area (Å²) >= 11 is 12.1. The van der Waals surface area contributed by atoms with Crippen LogP contribution in [0.15, 0.2) is 76.7 Å². The highest BCUT2D eigenvalue weighted by Crippen LogP contribution is 2.35. The van der Waals surface area contributed by atoms with Gasteiger partial charge < -0.3 is 5.73 Å². The summed E-state index contributed by atoms with van der Waals surface area (Å²) in [5, 5.41) is 8.31. The summed E-state index contributed by atoms with van der Waals surface area (Å²) in [4.78, 5) is -0.0914. The number of aromatic nitrogens is 3. The van der Waals surface area contributed by atoms with E-state index in [1.807, 2.05) is 31.2 Å². The maximum Gasteiger partial charge on any atom is 0.229 e. The third-order valence-corrected chi connectivity index (χ3v) is 6.92. The van der Waals surface area contributed by atoms with Crippen LogP contribution in [0.5, 0.6) is 0 Å². The highest BCUT2D eigenvalue weighted by Gasteiger charge is 2.30. The molecule has 6 nitrogen and oxygen atoms in total. The summed E-state index contributed by atoms with van der Waals surface area (Å²) in [6.07, 6.45) is 0. The Hall–Kier alpha value is -2.87. The van der Waals surface area contributed by atoms with Crippen LogP contribution >= 0.6 is 23.2 Å². The lowest BCUT2D eigenvalue weighted by Crippen LogP contribution is -2.06. The van der Waals surface area contributed by atoms with Crippen LogP contribution in [0.1, 0.15) is 5.56 Å². The Morgan fingerprint density at radius 2 is 1.60 bits per heavy atom. The normalized spacial score (nSPS) is 11.6. The van der Waals surface area contributed by atoms with E-state index < -0.39 is 9.84 Å². The number of nitrogens with two attached hydrogens (primary N) is 1. The number of halogens is 2. The van der Waals surface area contributed by atoms with Gasteiger partial charge >= 0.3 is 0 Å². The zero-order valence-corrected chi connectivity index (χ0v) is 18.1. The predicted octanol–water partition coefficient (Wildman–Crippen LogP) is 4.96. The van der Waals surface area contributed by atoms with Crippen LogP contribution in [0, 0.1) is 6.92 Å². The zero-order chi connectivity index (χ0) is 21.5. The quantitative estimate of drug-likeness (QED) is 0.436. The third kappa shape index (κ3) is 3.67. The van der Waals surface area contributed by atoms with Gasteiger partial charge in [-0.15, -0.1) is 5.10 Å². The fraction of sp³-hybridized carbons (Fsp3) is 0.0476. The minimum atomic E-state index is -4.08. The van der Waals surface area contributed by atoms with Gasteiger partial charge in [-0.3, -0.25) is 0 Å². The fourth-order valence-corrected chi connectivity index (χ4v) is 5.09. The van der Waals surface area contributed by atoms with Gasteiger partial charge in [0.05, 0.1) is 15.6 Å². The number of anilines is 1. The van der Waals surface area contributed by atoms with Gasteiger partial charge in [0, 0.05) is 16.3 Å². The number of rotatable bonds is 4. The van der Waals surface area contributed by atoms with Gasteiger partial charge in [0.2, 0.25) is 14.9 Å². The van der Waals surface area contributed by atoms with Crippen molar-refractivity contribution < 1.29 is 8.42 Å². The van der Waals surface area contributed by atoms with Gasteiger partial charge in [-0.1, -0.05) is 58.2 Å². The Balaban J connectivity index is 1.98. The third-order valence-electron chi connectivity index (χ3n) is 4.54. The molecule has 1 heterocycles. The van der Waals surface area contributed by atoms with E-state index >= 15 is 0 Å².